The third-order valence-corrected chi connectivity index (χ3v) is 6.67. The van der Waals surface area contributed by atoms with E-state index in [0.717, 1.165) is 5.56 Å². The molecule has 1 N–H and O–H groups in total. The molecule has 0 aliphatic rings. The van der Waals surface area contributed by atoms with Crippen LogP contribution in [0.15, 0.2) is 76.7 Å². The number of nitrogens with zero attached hydrogens (tertiary/aromatic N) is 2. The molecule has 33 heavy (non-hydrogen) atoms. The summed E-state index contributed by atoms with van der Waals surface area (Å²) >= 11 is 19.3. The highest BCUT2D eigenvalue weighted by atomic mass is 35.5. The normalized spacial score (nSPS) is 11.0. The van der Waals surface area contributed by atoms with Gasteiger partial charge in [-0.3, -0.25) is 14.2 Å². The molecule has 1 amide bonds. The maximum Gasteiger partial charge on any atom is 0.266 e. The SMILES string of the molecule is O=C(CSc1nc2ccccc2c(=O)n1-c1ccc(Cl)cc1)NCCc1ccc(Cl)cc1Cl. The molecule has 0 atom stereocenters. The van der Waals surface area contributed by atoms with E-state index in [1.807, 2.05) is 12.1 Å². The van der Waals surface area contributed by atoms with Crippen LogP contribution >= 0.6 is 46.6 Å². The number of halogens is 3. The summed E-state index contributed by atoms with van der Waals surface area (Å²) in [5, 5.41) is 5.51. The van der Waals surface area contributed by atoms with Crippen LogP contribution < -0.4 is 10.9 Å². The van der Waals surface area contributed by atoms with Crippen molar-refractivity contribution < 1.29 is 4.79 Å². The van der Waals surface area contributed by atoms with E-state index in [1.54, 1.807) is 54.6 Å². The van der Waals surface area contributed by atoms with Crippen LogP contribution in [0.1, 0.15) is 5.56 Å². The average Bonchev–Trinajstić information content (AvgIpc) is 2.80. The third-order valence-electron chi connectivity index (χ3n) is 4.89. The zero-order chi connectivity index (χ0) is 23.4. The van der Waals surface area contributed by atoms with Gasteiger partial charge in [-0.15, -0.1) is 0 Å². The van der Waals surface area contributed by atoms with Crippen molar-refractivity contribution in [1.82, 2.24) is 14.9 Å². The summed E-state index contributed by atoms with van der Waals surface area (Å²) in [5.74, 6) is -0.0673. The van der Waals surface area contributed by atoms with E-state index < -0.39 is 0 Å². The predicted octanol–water partition coefficient (Wildman–Crippen LogP) is 5.80. The van der Waals surface area contributed by atoms with Gasteiger partial charge in [0.25, 0.3) is 5.56 Å². The molecule has 0 bridgehead atoms. The fourth-order valence-corrected chi connectivity index (χ4v) is 4.74. The first-order chi connectivity index (χ1) is 15.9. The summed E-state index contributed by atoms with van der Waals surface area (Å²) in [5.41, 5.74) is 1.90. The molecule has 168 valence electrons. The molecule has 1 heterocycles. The summed E-state index contributed by atoms with van der Waals surface area (Å²) in [7, 11) is 0. The van der Waals surface area contributed by atoms with Gasteiger partial charge in [-0.2, -0.15) is 0 Å². The van der Waals surface area contributed by atoms with Crippen LogP contribution in [0.3, 0.4) is 0 Å². The van der Waals surface area contributed by atoms with Gasteiger partial charge in [0, 0.05) is 21.6 Å². The number of rotatable bonds is 7. The summed E-state index contributed by atoms with van der Waals surface area (Å²) in [6.07, 6.45) is 0.579. The van der Waals surface area contributed by atoms with Crippen molar-refractivity contribution in [3.8, 4) is 5.69 Å². The number of carbonyl (C=O) groups is 1. The Morgan fingerprint density at radius 3 is 2.45 bits per heavy atom. The molecular formula is C24H18Cl3N3O2S. The van der Waals surface area contributed by atoms with Crippen molar-refractivity contribution >= 4 is 63.4 Å². The van der Waals surface area contributed by atoms with E-state index in [9.17, 15) is 9.59 Å². The Hall–Kier alpha value is -2.51. The number of para-hydroxylation sites is 1. The lowest BCUT2D eigenvalue weighted by Gasteiger charge is -2.13. The maximum absolute atomic E-state index is 13.2. The van der Waals surface area contributed by atoms with E-state index >= 15 is 0 Å². The van der Waals surface area contributed by atoms with Crippen LogP contribution in [0.5, 0.6) is 0 Å². The Kier molecular flexibility index (Phi) is 7.60. The quantitative estimate of drug-likeness (QED) is 0.248. The Labute approximate surface area is 209 Å². The molecule has 0 fully saturated rings. The number of fused-ring (bicyclic) bond motifs is 1. The number of thioether (sulfide) groups is 1. The molecule has 0 saturated carbocycles. The van der Waals surface area contributed by atoms with Gasteiger partial charge in [-0.1, -0.05) is 64.8 Å². The first-order valence-electron chi connectivity index (χ1n) is 10.0. The molecule has 3 aromatic carbocycles. The number of hydrogen-bond donors (Lipinski definition) is 1. The molecule has 5 nitrogen and oxygen atoms in total. The van der Waals surface area contributed by atoms with Gasteiger partial charge in [0.15, 0.2) is 5.16 Å². The van der Waals surface area contributed by atoms with Gasteiger partial charge in [-0.05, 0) is 60.5 Å². The number of nitrogens with one attached hydrogen (secondary N) is 1. The standard InChI is InChI=1S/C24H18Cl3N3O2S/c25-16-7-9-18(10-8-16)30-23(32)19-3-1-2-4-21(19)29-24(30)33-14-22(31)28-12-11-15-5-6-17(26)13-20(15)27/h1-10,13H,11-12,14H2,(H,28,31). The monoisotopic (exact) mass is 517 g/mol. The van der Waals surface area contributed by atoms with Crippen LogP contribution in [0.25, 0.3) is 16.6 Å². The van der Waals surface area contributed by atoms with Crippen molar-refractivity contribution in [2.24, 2.45) is 0 Å². The summed E-state index contributed by atoms with van der Waals surface area (Å²) < 4.78 is 1.50. The minimum Gasteiger partial charge on any atom is -0.355 e. The zero-order valence-electron chi connectivity index (χ0n) is 17.2. The van der Waals surface area contributed by atoms with Gasteiger partial charge in [0.1, 0.15) is 0 Å². The molecule has 0 aliphatic heterocycles. The minimum atomic E-state index is -0.205. The summed E-state index contributed by atoms with van der Waals surface area (Å²) in [4.78, 5) is 30.3. The lowest BCUT2D eigenvalue weighted by atomic mass is 10.1. The van der Waals surface area contributed by atoms with Crippen molar-refractivity contribution in [1.29, 1.82) is 0 Å². The Morgan fingerprint density at radius 1 is 0.970 bits per heavy atom. The van der Waals surface area contributed by atoms with E-state index in [0.29, 0.717) is 49.8 Å². The van der Waals surface area contributed by atoms with Crippen molar-refractivity contribution in [2.75, 3.05) is 12.3 Å². The lowest BCUT2D eigenvalue weighted by Crippen LogP contribution is -2.28. The molecule has 4 rings (SSSR count). The van der Waals surface area contributed by atoms with E-state index in [4.69, 9.17) is 34.8 Å². The van der Waals surface area contributed by atoms with E-state index in [1.165, 1.54) is 16.3 Å². The second kappa shape index (κ2) is 10.6. The predicted molar refractivity (Wildman–Crippen MR) is 136 cm³/mol. The summed E-state index contributed by atoms with van der Waals surface area (Å²) in [6, 6.07) is 19.3. The van der Waals surface area contributed by atoms with Crippen LogP contribution in [-0.2, 0) is 11.2 Å². The van der Waals surface area contributed by atoms with Gasteiger partial charge in [-0.25, -0.2) is 4.98 Å². The fraction of sp³-hybridized carbons (Fsp3) is 0.125. The Balaban J connectivity index is 1.50. The number of hydrogen-bond acceptors (Lipinski definition) is 4. The number of carbonyl (C=O) groups excluding carboxylic acids is 1. The van der Waals surface area contributed by atoms with Gasteiger partial charge in [0.2, 0.25) is 5.91 Å². The second-order valence-electron chi connectivity index (χ2n) is 7.15. The highest BCUT2D eigenvalue weighted by Gasteiger charge is 2.15. The van der Waals surface area contributed by atoms with E-state index in [-0.39, 0.29) is 17.2 Å². The van der Waals surface area contributed by atoms with Gasteiger partial charge >= 0.3 is 0 Å². The highest BCUT2D eigenvalue weighted by Crippen LogP contribution is 2.23. The molecule has 0 aliphatic carbocycles. The largest absolute Gasteiger partial charge is 0.355 e. The summed E-state index contributed by atoms with van der Waals surface area (Å²) in [6.45, 7) is 0.426. The second-order valence-corrected chi connectivity index (χ2v) is 9.38. The molecule has 0 saturated heterocycles. The number of aromatic nitrogens is 2. The smallest absolute Gasteiger partial charge is 0.266 e. The fourth-order valence-electron chi connectivity index (χ4n) is 3.27. The molecule has 4 aromatic rings. The minimum absolute atomic E-state index is 0.104. The number of amides is 1. The Morgan fingerprint density at radius 2 is 1.70 bits per heavy atom. The van der Waals surface area contributed by atoms with E-state index in [2.05, 4.69) is 10.3 Å². The zero-order valence-corrected chi connectivity index (χ0v) is 20.3. The van der Waals surface area contributed by atoms with Crippen molar-refractivity contribution in [3.63, 3.8) is 0 Å². The van der Waals surface area contributed by atoms with Crippen molar-refractivity contribution in [3.05, 3.63) is 97.7 Å². The molecule has 0 radical (unpaired) electrons. The average molecular weight is 519 g/mol. The first-order valence-corrected chi connectivity index (χ1v) is 12.2. The topological polar surface area (TPSA) is 64.0 Å². The highest BCUT2D eigenvalue weighted by molar-refractivity contribution is 7.99. The van der Waals surface area contributed by atoms with Gasteiger partial charge < -0.3 is 5.32 Å². The van der Waals surface area contributed by atoms with Crippen molar-refractivity contribution in [2.45, 2.75) is 11.6 Å². The maximum atomic E-state index is 13.2. The van der Waals surface area contributed by atoms with Crippen LogP contribution in [-0.4, -0.2) is 27.8 Å². The van der Waals surface area contributed by atoms with Gasteiger partial charge in [0.05, 0.1) is 22.3 Å². The van der Waals surface area contributed by atoms with Crippen LogP contribution in [0.4, 0.5) is 0 Å². The molecule has 0 unspecified atom stereocenters. The molecule has 9 heteroatoms. The molecule has 0 spiro atoms. The molecule has 1 aromatic heterocycles. The van der Waals surface area contributed by atoms with Crippen LogP contribution in [0.2, 0.25) is 15.1 Å². The third kappa shape index (κ3) is 5.71. The number of benzene rings is 3. The lowest BCUT2D eigenvalue weighted by molar-refractivity contribution is -0.118. The Bertz CT molecular complexity index is 1370. The molecular weight excluding hydrogens is 501 g/mol. The van der Waals surface area contributed by atoms with Crippen LogP contribution in [0, 0.1) is 0 Å². The first kappa shape index (κ1) is 23.6.